The molecule has 1 N–H and O–H groups in total. The molecular formula is C14H17BrN4O3S. The van der Waals surface area contributed by atoms with E-state index < -0.39 is 10.0 Å². The minimum absolute atomic E-state index is 0.105. The Morgan fingerprint density at radius 1 is 1.39 bits per heavy atom. The summed E-state index contributed by atoms with van der Waals surface area (Å²) in [5.74, 6) is 0.581. The number of hydrazone groups is 1. The SMILES string of the molecule is CCn1cc(Br)c(C(C)=NNS(=O)(=O)c2ccc(OC)cc2)n1. The average Bonchev–Trinajstić information content (AvgIpc) is 2.94. The van der Waals surface area contributed by atoms with Crippen molar-refractivity contribution >= 4 is 31.7 Å². The molecular weight excluding hydrogens is 384 g/mol. The van der Waals surface area contributed by atoms with Crippen molar-refractivity contribution in [3.8, 4) is 5.75 Å². The van der Waals surface area contributed by atoms with Gasteiger partial charge in [-0.15, -0.1) is 0 Å². The van der Waals surface area contributed by atoms with Gasteiger partial charge < -0.3 is 4.74 Å². The second-order valence-corrected chi connectivity index (χ2v) is 7.16. The first-order valence-electron chi connectivity index (χ1n) is 6.81. The third-order valence-electron chi connectivity index (χ3n) is 3.09. The smallest absolute Gasteiger partial charge is 0.276 e. The summed E-state index contributed by atoms with van der Waals surface area (Å²) in [5.41, 5.74) is 1.05. The van der Waals surface area contributed by atoms with E-state index in [1.165, 1.54) is 19.2 Å². The molecule has 9 heteroatoms. The number of sulfonamides is 1. The summed E-state index contributed by atoms with van der Waals surface area (Å²) in [4.78, 5) is 2.32. The zero-order valence-electron chi connectivity index (χ0n) is 12.9. The van der Waals surface area contributed by atoms with E-state index in [2.05, 4.69) is 31.0 Å². The van der Waals surface area contributed by atoms with Gasteiger partial charge >= 0.3 is 0 Å². The number of benzene rings is 1. The maximum Gasteiger partial charge on any atom is 0.276 e. The number of aromatic nitrogens is 2. The molecule has 2 rings (SSSR count). The molecule has 0 spiro atoms. The van der Waals surface area contributed by atoms with E-state index in [4.69, 9.17) is 4.74 Å². The first-order valence-corrected chi connectivity index (χ1v) is 9.08. The van der Waals surface area contributed by atoms with Crippen LogP contribution in [0.25, 0.3) is 0 Å². The predicted molar refractivity (Wildman–Crippen MR) is 91.1 cm³/mol. The van der Waals surface area contributed by atoms with Crippen molar-refractivity contribution in [1.29, 1.82) is 0 Å². The minimum atomic E-state index is -3.74. The van der Waals surface area contributed by atoms with Gasteiger partial charge in [-0.2, -0.15) is 23.4 Å². The van der Waals surface area contributed by atoms with Crippen molar-refractivity contribution in [2.75, 3.05) is 7.11 Å². The lowest BCUT2D eigenvalue weighted by atomic mass is 10.3. The van der Waals surface area contributed by atoms with Gasteiger partial charge in [0.05, 0.1) is 22.2 Å². The fourth-order valence-electron chi connectivity index (χ4n) is 1.79. The first-order chi connectivity index (χ1) is 10.9. The Hall–Kier alpha value is -1.87. The van der Waals surface area contributed by atoms with Gasteiger partial charge in [-0.3, -0.25) is 4.68 Å². The second kappa shape index (κ2) is 7.14. The molecule has 0 unspecified atom stereocenters. The highest BCUT2D eigenvalue weighted by Gasteiger charge is 2.14. The van der Waals surface area contributed by atoms with Crippen LogP contribution in [0.5, 0.6) is 5.75 Å². The van der Waals surface area contributed by atoms with Crippen LogP contribution in [0, 0.1) is 0 Å². The van der Waals surface area contributed by atoms with Gasteiger partial charge in [0.15, 0.2) is 0 Å². The lowest BCUT2D eigenvalue weighted by molar-refractivity contribution is 0.414. The molecule has 0 fully saturated rings. The topological polar surface area (TPSA) is 85.6 Å². The zero-order valence-corrected chi connectivity index (χ0v) is 15.3. The summed E-state index contributed by atoms with van der Waals surface area (Å²) in [5, 5.41) is 8.25. The third kappa shape index (κ3) is 4.11. The molecule has 0 saturated heterocycles. The lowest BCUT2D eigenvalue weighted by Crippen LogP contribution is -2.20. The Labute approximate surface area is 143 Å². The van der Waals surface area contributed by atoms with Crippen LogP contribution >= 0.6 is 15.9 Å². The van der Waals surface area contributed by atoms with Crippen LogP contribution in [-0.2, 0) is 16.6 Å². The minimum Gasteiger partial charge on any atom is -0.497 e. The number of methoxy groups -OCH3 is 1. The molecule has 0 radical (unpaired) electrons. The van der Waals surface area contributed by atoms with Crippen molar-refractivity contribution in [3.05, 3.63) is 40.6 Å². The molecule has 1 aromatic heterocycles. The summed E-state index contributed by atoms with van der Waals surface area (Å²) in [6.45, 7) is 4.36. The van der Waals surface area contributed by atoms with Crippen LogP contribution in [0.15, 0.2) is 44.9 Å². The van der Waals surface area contributed by atoms with Crippen LogP contribution in [0.1, 0.15) is 19.5 Å². The van der Waals surface area contributed by atoms with E-state index in [0.29, 0.717) is 23.7 Å². The van der Waals surface area contributed by atoms with E-state index in [0.717, 1.165) is 4.47 Å². The number of aryl methyl sites for hydroxylation is 1. The van der Waals surface area contributed by atoms with Crippen molar-refractivity contribution < 1.29 is 13.2 Å². The summed E-state index contributed by atoms with van der Waals surface area (Å²) in [6, 6.07) is 6.05. The Bertz CT molecular complexity index is 813. The van der Waals surface area contributed by atoms with Gasteiger partial charge in [-0.25, -0.2) is 0 Å². The maximum absolute atomic E-state index is 12.2. The van der Waals surface area contributed by atoms with Crippen molar-refractivity contribution in [3.63, 3.8) is 0 Å². The molecule has 0 aliphatic heterocycles. The molecule has 0 aliphatic carbocycles. The summed E-state index contributed by atoms with van der Waals surface area (Å²) in [6.07, 6.45) is 1.81. The number of ether oxygens (including phenoxy) is 1. The first kappa shape index (κ1) is 17.5. The Morgan fingerprint density at radius 3 is 2.57 bits per heavy atom. The Kier molecular flexibility index (Phi) is 5.42. The van der Waals surface area contributed by atoms with Crippen LogP contribution in [0.3, 0.4) is 0 Å². The maximum atomic E-state index is 12.2. The molecule has 2 aromatic rings. The normalized spacial score (nSPS) is 12.3. The van der Waals surface area contributed by atoms with Crippen LogP contribution in [0.2, 0.25) is 0 Å². The molecule has 0 bridgehead atoms. The van der Waals surface area contributed by atoms with Crippen molar-refractivity contribution in [2.24, 2.45) is 5.10 Å². The summed E-state index contributed by atoms with van der Waals surface area (Å²) >= 11 is 3.38. The Morgan fingerprint density at radius 2 is 2.04 bits per heavy atom. The van der Waals surface area contributed by atoms with Gasteiger partial charge in [-0.05, 0) is 54.0 Å². The van der Waals surface area contributed by atoms with Gasteiger partial charge in [0.2, 0.25) is 0 Å². The molecule has 124 valence electrons. The van der Waals surface area contributed by atoms with E-state index in [1.54, 1.807) is 23.7 Å². The van der Waals surface area contributed by atoms with Gasteiger partial charge in [0, 0.05) is 12.7 Å². The molecule has 1 heterocycles. The Balaban J connectivity index is 2.20. The second-order valence-electron chi connectivity index (χ2n) is 4.65. The largest absolute Gasteiger partial charge is 0.497 e. The number of rotatable bonds is 6. The standard InChI is InChI=1S/C14H17BrN4O3S/c1-4-19-9-13(15)14(17-19)10(2)16-18-23(20,21)12-7-5-11(22-3)6-8-12/h5-9,18H,4H2,1-3H3. The highest BCUT2D eigenvalue weighted by Crippen LogP contribution is 2.17. The van der Waals surface area contributed by atoms with Crippen LogP contribution in [0.4, 0.5) is 0 Å². The quantitative estimate of drug-likeness (QED) is 0.595. The monoisotopic (exact) mass is 400 g/mol. The van der Waals surface area contributed by atoms with E-state index in [9.17, 15) is 8.42 Å². The summed E-state index contributed by atoms with van der Waals surface area (Å²) in [7, 11) is -2.23. The number of hydrogen-bond donors (Lipinski definition) is 1. The number of nitrogens with zero attached hydrogens (tertiary/aromatic N) is 3. The third-order valence-corrected chi connectivity index (χ3v) is 4.89. The average molecular weight is 401 g/mol. The molecule has 23 heavy (non-hydrogen) atoms. The fourth-order valence-corrected chi connectivity index (χ4v) is 3.25. The summed E-state index contributed by atoms with van der Waals surface area (Å²) < 4.78 is 31.9. The van der Waals surface area contributed by atoms with E-state index in [1.807, 2.05) is 13.1 Å². The van der Waals surface area contributed by atoms with Gasteiger partial charge in [-0.1, -0.05) is 0 Å². The molecule has 0 amide bonds. The highest BCUT2D eigenvalue weighted by atomic mass is 79.9. The number of halogens is 1. The molecule has 0 saturated carbocycles. The molecule has 0 atom stereocenters. The van der Waals surface area contributed by atoms with Crippen molar-refractivity contribution in [1.82, 2.24) is 14.6 Å². The van der Waals surface area contributed by atoms with E-state index in [-0.39, 0.29) is 4.90 Å². The molecule has 1 aromatic carbocycles. The van der Waals surface area contributed by atoms with Gasteiger partial charge in [0.1, 0.15) is 11.4 Å². The fraction of sp³-hybridized carbons (Fsp3) is 0.286. The molecule has 0 aliphatic rings. The number of hydrogen-bond acceptors (Lipinski definition) is 5. The lowest BCUT2D eigenvalue weighted by Gasteiger charge is -2.05. The highest BCUT2D eigenvalue weighted by molar-refractivity contribution is 9.10. The predicted octanol–water partition coefficient (Wildman–Crippen LogP) is 2.38. The van der Waals surface area contributed by atoms with Crippen molar-refractivity contribution in [2.45, 2.75) is 25.3 Å². The van der Waals surface area contributed by atoms with Crippen LogP contribution in [-0.4, -0.2) is 31.0 Å². The molecule has 7 nitrogen and oxygen atoms in total. The van der Waals surface area contributed by atoms with Gasteiger partial charge in [0.25, 0.3) is 10.0 Å². The van der Waals surface area contributed by atoms with E-state index >= 15 is 0 Å². The number of nitrogens with one attached hydrogen (secondary N) is 1. The zero-order chi connectivity index (χ0) is 17.0. The van der Waals surface area contributed by atoms with Crippen LogP contribution < -0.4 is 9.57 Å².